The van der Waals surface area contributed by atoms with Crippen molar-refractivity contribution < 1.29 is 127 Å². The van der Waals surface area contributed by atoms with Gasteiger partial charge in [0.2, 0.25) is 53.4 Å². The van der Waals surface area contributed by atoms with E-state index in [1.165, 1.54) is 70.2 Å². The zero-order valence-electron chi connectivity index (χ0n) is 68.5. The second kappa shape index (κ2) is 37.7. The van der Waals surface area contributed by atoms with Gasteiger partial charge in [-0.25, -0.2) is 4.79 Å². The number of ether oxygens (including phenoxy) is 9. The smallest absolute Gasteiger partial charge is 0.333 e. The minimum Gasteiger partial charge on any atom is -0.508 e. The number of aromatic hydroxyl groups is 3. The summed E-state index contributed by atoms with van der Waals surface area (Å²) in [5.41, 5.74) is 15.5. The molecule has 22 atom stereocenters. The lowest BCUT2D eigenvalue weighted by Gasteiger charge is -2.47. The third kappa shape index (κ3) is 20.1. The number of carbonyl (C=O) groups is 8. The lowest BCUT2D eigenvalue weighted by Crippen LogP contribution is -2.64. The molecule has 0 radical (unpaired) electrons. The summed E-state index contributed by atoms with van der Waals surface area (Å²) in [6, 6.07) is 19.7. The first-order chi connectivity index (χ1) is 58.8. The number of benzene rings is 7. The van der Waals surface area contributed by atoms with Crippen molar-refractivity contribution in [3.8, 4) is 57.1 Å². The maximum Gasteiger partial charge on any atom is 0.333 e. The molecule has 3 fully saturated rings. The first-order valence-corrected chi connectivity index (χ1v) is 40.6. The van der Waals surface area contributed by atoms with Gasteiger partial charge in [0.05, 0.1) is 48.5 Å². The lowest BCUT2D eigenvalue weighted by atomic mass is 9.86. The molecule has 8 aliphatic heterocycles. The van der Waals surface area contributed by atoms with Crippen LogP contribution in [0.25, 0.3) is 11.1 Å². The summed E-state index contributed by atoms with van der Waals surface area (Å²) < 4.78 is 58.3. The van der Waals surface area contributed by atoms with Crippen LogP contribution in [0.1, 0.15) is 137 Å². The average molecular weight is 1740 g/mol. The van der Waals surface area contributed by atoms with Crippen molar-refractivity contribution in [2.24, 2.45) is 23.1 Å². The molecule has 9 unspecified atom stereocenters. The van der Waals surface area contributed by atoms with Crippen LogP contribution in [0.15, 0.2) is 146 Å². The van der Waals surface area contributed by atoms with Crippen LogP contribution in [0, 0.1) is 5.92 Å². The number of phenolic OH excluding ortho intramolecular Hbond substituents is 3. The fourth-order valence-corrected chi connectivity index (χ4v) is 16.3. The summed E-state index contributed by atoms with van der Waals surface area (Å²) >= 11 is 7.27. The Labute approximate surface area is 716 Å². The van der Waals surface area contributed by atoms with Gasteiger partial charge in [-0.15, -0.1) is 0 Å². The molecule has 37 heteroatoms. The molecule has 7 amide bonds. The number of fused-ring (bicyclic) bond motifs is 15. The number of halogens is 1. The van der Waals surface area contributed by atoms with Gasteiger partial charge < -0.3 is 138 Å². The highest BCUT2D eigenvalue weighted by molar-refractivity contribution is 6.32. The number of aliphatic hydroxyl groups is 6. The van der Waals surface area contributed by atoms with Crippen LogP contribution in [0.4, 0.5) is 0 Å². The van der Waals surface area contributed by atoms with Crippen molar-refractivity contribution in [2.45, 2.75) is 214 Å². The fraction of sp³-hybridized carbons (Fsp3) is 0.425. The van der Waals surface area contributed by atoms with E-state index in [4.69, 9.17) is 71.4 Å². The molecule has 21 N–H and O–H groups in total. The average Bonchev–Trinajstić information content (AvgIpc) is 0.760. The van der Waals surface area contributed by atoms with Gasteiger partial charge in [-0.1, -0.05) is 110 Å². The van der Waals surface area contributed by atoms with Crippen LogP contribution in [0.3, 0.4) is 0 Å². The Morgan fingerprint density at radius 2 is 1.23 bits per heavy atom. The Bertz CT molecular complexity index is 5110. The second-order valence-corrected chi connectivity index (χ2v) is 33.4. The number of likely N-dealkylation sites (N-methyl/N-ethyl adjacent to an activating group) is 1. The van der Waals surface area contributed by atoms with E-state index in [2.05, 4.69) is 31.9 Å². The summed E-state index contributed by atoms with van der Waals surface area (Å²) in [6.07, 6.45) is -22.5. The van der Waals surface area contributed by atoms with E-state index >= 15 is 33.6 Å². The number of esters is 1. The molecule has 0 aromatic heterocycles. The maximum absolute atomic E-state index is 16.7. The molecule has 0 spiro atoms. The fourth-order valence-electron chi connectivity index (χ4n) is 16.1. The van der Waals surface area contributed by atoms with Gasteiger partial charge in [0.25, 0.3) is 0 Å². The number of aliphatic hydroxyl groups excluding tert-OH is 6. The van der Waals surface area contributed by atoms with Crippen molar-refractivity contribution >= 4 is 58.9 Å². The quantitative estimate of drug-likeness (QED) is 0.0517. The van der Waals surface area contributed by atoms with Crippen LogP contribution >= 0.6 is 11.6 Å². The van der Waals surface area contributed by atoms with E-state index in [0.29, 0.717) is 5.56 Å². The molecule has 36 nitrogen and oxygen atoms in total. The third-order valence-corrected chi connectivity index (χ3v) is 23.0. The number of amides is 7. The van der Waals surface area contributed by atoms with Crippen molar-refractivity contribution in [1.82, 2.24) is 36.8 Å². The van der Waals surface area contributed by atoms with Crippen LogP contribution in [0.5, 0.6) is 46.0 Å². The van der Waals surface area contributed by atoms with Gasteiger partial charge in [0, 0.05) is 53.2 Å². The highest BCUT2D eigenvalue weighted by Gasteiger charge is 2.53. The summed E-state index contributed by atoms with van der Waals surface area (Å²) in [4.78, 5) is 126. The molecule has 8 aliphatic rings. The van der Waals surface area contributed by atoms with E-state index in [1.54, 1.807) is 42.3 Å². The standard InChI is InChI=1S/C87H101ClN10O26/c1-39(2)26-54(98(7)36-42-14-10-8-11-15-42)79(110)96-68-70(104)46-21-25-57(52(88)28-46)120-59-30-47-29-58(74(59)124-85-75(72(106)71(105)60(37-99)121-85)123-63-35-87(6,91)77(108)41(4)118-63)119-49-22-18-44(19-23-49)73(122-62-34-86(5,90)76(107)40(3)117-62)69-83(114)95-67(84(115)116-38-43-16-12-9-13-17-43)51-31-48(100)32-56(102)64(51)50-27-45(20-24-55(50)101)65(80(111)97-69)94-81(112)66(47)93-78(109)53(33-61(89)103)92-82(68)113/h8-25,27-32,39-41,53-54,60,62-63,65-73,75-77,85,99-102,104-108H,26,33-38,90-91H2,1-7H3,(H2,89,103)(H,92,113)(H,93,109)(H,94,112)(H,95,114)(H,96,110)(H,97,111)/t40-,41-,53?,54?,60+,62-,63-,65?,66?,67?,68?,69?,70?,71+,72-,73?,75+,76-,77-,85-,86-,87-/m0/s1. The molecule has 11 bridgehead atoms. The first kappa shape index (κ1) is 90.6. The predicted molar refractivity (Wildman–Crippen MR) is 438 cm³/mol. The minimum atomic E-state index is -2.36. The number of hydrogen-bond acceptors (Lipinski definition) is 29. The zero-order chi connectivity index (χ0) is 89.2. The van der Waals surface area contributed by atoms with Crippen LogP contribution < -0.4 is 63.3 Å². The maximum atomic E-state index is 16.7. The summed E-state index contributed by atoms with van der Waals surface area (Å²) in [5.74, 6) is -14.6. The van der Waals surface area contributed by atoms with Crippen LogP contribution in [-0.4, -0.2) is 215 Å². The largest absolute Gasteiger partial charge is 0.508 e. The Morgan fingerprint density at radius 3 is 1.85 bits per heavy atom. The monoisotopic (exact) mass is 1740 g/mol. The molecule has 3 saturated heterocycles. The molecule has 15 rings (SSSR count). The van der Waals surface area contributed by atoms with Gasteiger partial charge in [0.1, 0.15) is 96.1 Å². The molecule has 8 heterocycles. The SMILES string of the molecule is CC(C)CC(C(=O)NC1C(=O)NC(CC(N)=O)C(=O)NC2C(=O)NC3C(=O)NC(C(=O)NC(C(=O)OCc4ccccc4)c4cc(O)cc(O)c4-c4cc3ccc4O)C(O[C@H]3C[C@](C)(N)[C@@H](O)[C@H](C)O3)c3ccc(cc3)Oc3cc2cc(c3O[C@@H]2O[C@H](CO)[C@@H](O)[C@H](O)[C@H]2O[C@H]2C[C@](C)(N)[C@@H](O)[C@H](C)O2)Oc2ccc(cc2Cl)C1O)N(C)Cc1ccccc1. The number of nitrogens with two attached hydrogens (primary N) is 3. The number of primary amides is 1. The molecule has 7 aromatic rings. The van der Waals surface area contributed by atoms with E-state index < -0.39 is 257 Å². The van der Waals surface area contributed by atoms with Gasteiger partial charge in [-0.3, -0.25) is 38.5 Å². The topological polar surface area (TPSA) is 555 Å². The molecular formula is C87H101ClN10O26. The Kier molecular flexibility index (Phi) is 27.5. The Hall–Kier alpha value is -11.2. The van der Waals surface area contributed by atoms with Crippen LogP contribution in [0.2, 0.25) is 5.02 Å². The first-order valence-electron chi connectivity index (χ1n) is 40.2. The minimum absolute atomic E-state index is 0.0144. The van der Waals surface area contributed by atoms with Crippen molar-refractivity contribution in [3.63, 3.8) is 0 Å². The van der Waals surface area contributed by atoms with Gasteiger partial charge >= 0.3 is 5.97 Å². The summed E-state index contributed by atoms with van der Waals surface area (Å²) in [5, 5.41) is 121. The molecule has 662 valence electrons. The molecule has 0 aliphatic carbocycles. The third-order valence-electron chi connectivity index (χ3n) is 22.7. The molecular weight excluding hydrogens is 1640 g/mol. The summed E-state index contributed by atoms with van der Waals surface area (Å²) in [7, 11) is 1.68. The number of rotatable bonds is 19. The molecule has 0 saturated carbocycles. The number of hydrogen-bond donors (Lipinski definition) is 18. The molecule has 124 heavy (non-hydrogen) atoms. The van der Waals surface area contributed by atoms with Gasteiger partial charge in [-0.05, 0) is 135 Å². The lowest BCUT2D eigenvalue weighted by molar-refractivity contribution is -0.333. The summed E-state index contributed by atoms with van der Waals surface area (Å²) in [6.45, 7) is 8.62. The number of carbonyl (C=O) groups excluding carboxylic acids is 8. The highest BCUT2D eigenvalue weighted by atomic mass is 35.5. The zero-order valence-corrected chi connectivity index (χ0v) is 69.2. The van der Waals surface area contributed by atoms with Gasteiger partial charge in [-0.2, -0.15) is 0 Å². The number of phenols is 3. The Balaban J connectivity index is 1.04. The number of nitrogens with one attached hydrogen (secondary N) is 6. The normalized spacial score (nSPS) is 29.9. The van der Waals surface area contributed by atoms with E-state index in [-0.39, 0.29) is 64.9 Å². The van der Waals surface area contributed by atoms with Crippen molar-refractivity contribution in [2.75, 3.05) is 13.7 Å². The second-order valence-electron chi connectivity index (χ2n) is 33.0. The van der Waals surface area contributed by atoms with E-state index in [1.807, 2.05) is 44.2 Å². The van der Waals surface area contributed by atoms with E-state index in [0.717, 1.165) is 48.0 Å². The van der Waals surface area contributed by atoms with Crippen molar-refractivity contribution in [1.29, 1.82) is 0 Å². The Morgan fingerprint density at radius 1 is 0.637 bits per heavy atom. The highest BCUT2D eigenvalue weighted by Crippen LogP contribution is 2.50. The van der Waals surface area contributed by atoms with Crippen LogP contribution in [-0.2, 0) is 79.9 Å². The number of nitrogens with zero attached hydrogens (tertiary/aromatic N) is 1. The molecule has 7 aromatic carbocycles. The van der Waals surface area contributed by atoms with Crippen molar-refractivity contribution in [3.05, 3.63) is 190 Å². The van der Waals surface area contributed by atoms with E-state index in [9.17, 15) is 50.8 Å². The predicted octanol–water partition coefficient (Wildman–Crippen LogP) is 3.26. The van der Waals surface area contributed by atoms with Gasteiger partial charge in [0.15, 0.2) is 36.2 Å².